The Hall–Kier alpha value is -3.06. The lowest BCUT2D eigenvalue weighted by Crippen LogP contribution is -1.84. The quantitative estimate of drug-likeness (QED) is 0.695. The first-order valence-electron chi connectivity index (χ1n) is 6.12. The van der Waals surface area contributed by atoms with E-state index in [4.69, 9.17) is 0 Å². The molecule has 2 N–H and O–H groups in total. The molecule has 0 spiro atoms. The van der Waals surface area contributed by atoms with Gasteiger partial charge in [-0.05, 0) is 35.9 Å². The molecular weight excluding hydrogens is 250 g/mol. The van der Waals surface area contributed by atoms with Gasteiger partial charge in [0.2, 0.25) is 0 Å². The number of aromatic amines is 1. The van der Waals surface area contributed by atoms with E-state index in [0.717, 1.165) is 16.6 Å². The number of allylic oxidation sites excluding steroid dienone is 1. The second-order valence-corrected chi connectivity index (χ2v) is 4.36. The molecule has 1 aromatic heterocycles. The number of fused-ring (bicyclic) bond motifs is 1. The summed E-state index contributed by atoms with van der Waals surface area (Å²) < 4.78 is 0. The van der Waals surface area contributed by atoms with Crippen LogP contribution in [0.5, 0.6) is 5.75 Å². The van der Waals surface area contributed by atoms with Gasteiger partial charge in [-0.2, -0.15) is 5.26 Å². The van der Waals surface area contributed by atoms with Gasteiger partial charge in [0.25, 0.3) is 0 Å². The normalized spacial score (nSPS) is 11.4. The molecule has 0 amide bonds. The molecule has 1 heterocycles. The number of nitrogens with zero attached hydrogens (tertiary/aromatic N) is 2. The van der Waals surface area contributed by atoms with E-state index < -0.39 is 0 Å². The SMILES string of the molecule is N#C/C(=C/c1ccc(O)cc1)c1nc2ccccc2[nH]1. The minimum absolute atomic E-state index is 0.199. The fourth-order valence-electron chi connectivity index (χ4n) is 1.97. The molecule has 0 bridgehead atoms. The maximum absolute atomic E-state index is 9.29. The summed E-state index contributed by atoms with van der Waals surface area (Å²) in [6.07, 6.45) is 1.73. The molecule has 3 aromatic rings. The average molecular weight is 261 g/mol. The van der Waals surface area contributed by atoms with E-state index in [1.807, 2.05) is 24.3 Å². The first-order valence-corrected chi connectivity index (χ1v) is 6.12. The molecule has 4 nitrogen and oxygen atoms in total. The Morgan fingerprint density at radius 1 is 1.15 bits per heavy atom. The number of rotatable bonds is 2. The van der Waals surface area contributed by atoms with Crippen LogP contribution in [0.2, 0.25) is 0 Å². The number of imidazole rings is 1. The van der Waals surface area contributed by atoms with Crippen LogP contribution in [0.15, 0.2) is 48.5 Å². The topological polar surface area (TPSA) is 72.7 Å². The summed E-state index contributed by atoms with van der Waals surface area (Å²) >= 11 is 0. The highest BCUT2D eigenvalue weighted by Gasteiger charge is 2.07. The molecule has 0 aliphatic rings. The molecule has 96 valence electrons. The summed E-state index contributed by atoms with van der Waals surface area (Å²) in [7, 11) is 0. The molecule has 0 radical (unpaired) electrons. The van der Waals surface area contributed by atoms with Crippen LogP contribution in [0.25, 0.3) is 22.7 Å². The van der Waals surface area contributed by atoms with Crippen molar-refractivity contribution in [2.45, 2.75) is 0 Å². The van der Waals surface area contributed by atoms with Crippen molar-refractivity contribution in [3.8, 4) is 11.8 Å². The van der Waals surface area contributed by atoms with E-state index in [9.17, 15) is 10.4 Å². The van der Waals surface area contributed by atoms with Crippen LogP contribution >= 0.6 is 0 Å². The number of aromatic nitrogens is 2. The standard InChI is InChI=1S/C16H11N3O/c17-10-12(9-11-5-7-13(20)8-6-11)16-18-14-3-1-2-4-15(14)19-16/h1-9,20H,(H,18,19)/b12-9-. The van der Waals surface area contributed by atoms with Crippen LogP contribution in [-0.4, -0.2) is 15.1 Å². The van der Waals surface area contributed by atoms with E-state index in [2.05, 4.69) is 16.0 Å². The summed E-state index contributed by atoms with van der Waals surface area (Å²) in [5.41, 5.74) is 3.01. The second-order valence-electron chi connectivity index (χ2n) is 4.36. The smallest absolute Gasteiger partial charge is 0.149 e. The van der Waals surface area contributed by atoms with Crippen molar-refractivity contribution in [3.63, 3.8) is 0 Å². The van der Waals surface area contributed by atoms with Gasteiger partial charge >= 0.3 is 0 Å². The fraction of sp³-hybridized carbons (Fsp3) is 0. The number of H-pyrrole nitrogens is 1. The van der Waals surface area contributed by atoms with E-state index in [0.29, 0.717) is 11.4 Å². The molecule has 0 saturated heterocycles. The highest BCUT2D eigenvalue weighted by atomic mass is 16.3. The van der Waals surface area contributed by atoms with Crippen LogP contribution in [0.1, 0.15) is 11.4 Å². The first-order chi connectivity index (χ1) is 9.76. The van der Waals surface area contributed by atoms with Gasteiger partial charge in [-0.15, -0.1) is 0 Å². The first kappa shape index (κ1) is 12.0. The third kappa shape index (κ3) is 2.25. The van der Waals surface area contributed by atoms with E-state index in [1.54, 1.807) is 30.3 Å². The van der Waals surface area contributed by atoms with Crippen molar-refractivity contribution in [3.05, 3.63) is 59.9 Å². The lowest BCUT2D eigenvalue weighted by Gasteiger charge is -1.96. The van der Waals surface area contributed by atoms with Gasteiger partial charge in [0.15, 0.2) is 0 Å². The van der Waals surface area contributed by atoms with Crippen molar-refractivity contribution in [2.24, 2.45) is 0 Å². The minimum Gasteiger partial charge on any atom is -0.508 e. The Labute approximate surface area is 115 Å². The van der Waals surface area contributed by atoms with Gasteiger partial charge in [-0.3, -0.25) is 0 Å². The fourth-order valence-corrected chi connectivity index (χ4v) is 1.97. The molecule has 0 aliphatic heterocycles. The monoisotopic (exact) mass is 261 g/mol. The molecule has 3 rings (SSSR count). The number of benzene rings is 2. The molecule has 0 aliphatic carbocycles. The molecule has 0 fully saturated rings. The summed E-state index contributed by atoms with van der Waals surface area (Å²) in [4.78, 5) is 7.53. The molecule has 0 unspecified atom stereocenters. The van der Waals surface area contributed by atoms with Gasteiger partial charge in [0, 0.05) is 0 Å². The third-order valence-corrected chi connectivity index (χ3v) is 2.97. The van der Waals surface area contributed by atoms with Crippen molar-refractivity contribution < 1.29 is 5.11 Å². The number of nitrogens with one attached hydrogen (secondary N) is 1. The molecule has 4 heteroatoms. The highest BCUT2D eigenvalue weighted by Crippen LogP contribution is 2.20. The Balaban J connectivity index is 2.05. The predicted molar refractivity (Wildman–Crippen MR) is 77.7 cm³/mol. The Bertz CT molecular complexity index is 790. The number of phenols is 1. The number of hydrogen-bond donors (Lipinski definition) is 2. The van der Waals surface area contributed by atoms with Crippen molar-refractivity contribution in [1.82, 2.24) is 9.97 Å². The maximum Gasteiger partial charge on any atom is 0.149 e. The van der Waals surface area contributed by atoms with Crippen molar-refractivity contribution in [1.29, 1.82) is 5.26 Å². The predicted octanol–water partition coefficient (Wildman–Crippen LogP) is 3.33. The van der Waals surface area contributed by atoms with Crippen LogP contribution < -0.4 is 0 Å². The van der Waals surface area contributed by atoms with Crippen LogP contribution in [0.3, 0.4) is 0 Å². The Morgan fingerprint density at radius 3 is 2.60 bits per heavy atom. The van der Waals surface area contributed by atoms with Crippen LogP contribution in [-0.2, 0) is 0 Å². The summed E-state index contributed by atoms with van der Waals surface area (Å²) in [5, 5.41) is 18.5. The molecule has 20 heavy (non-hydrogen) atoms. The molecular formula is C16H11N3O. The van der Waals surface area contributed by atoms with Crippen molar-refractivity contribution >= 4 is 22.7 Å². The zero-order valence-electron chi connectivity index (χ0n) is 10.5. The Morgan fingerprint density at radius 2 is 1.90 bits per heavy atom. The molecule has 0 saturated carbocycles. The van der Waals surface area contributed by atoms with Crippen molar-refractivity contribution in [2.75, 3.05) is 0 Å². The van der Waals surface area contributed by atoms with Gasteiger partial charge in [0.1, 0.15) is 17.6 Å². The minimum atomic E-state index is 0.199. The lowest BCUT2D eigenvalue weighted by molar-refractivity contribution is 0.475. The third-order valence-electron chi connectivity index (χ3n) is 2.97. The van der Waals surface area contributed by atoms with Crippen LogP contribution in [0, 0.1) is 11.3 Å². The molecule has 2 aromatic carbocycles. The zero-order chi connectivity index (χ0) is 13.9. The van der Waals surface area contributed by atoms with Gasteiger partial charge < -0.3 is 10.1 Å². The number of aromatic hydroxyl groups is 1. The van der Waals surface area contributed by atoms with E-state index in [1.165, 1.54) is 0 Å². The summed E-state index contributed by atoms with van der Waals surface area (Å²) in [6.45, 7) is 0. The van der Waals surface area contributed by atoms with E-state index >= 15 is 0 Å². The number of nitriles is 1. The Kier molecular flexibility index (Phi) is 2.94. The summed E-state index contributed by atoms with van der Waals surface area (Å²) in [6, 6.07) is 16.4. The molecule has 0 atom stereocenters. The number of hydrogen-bond acceptors (Lipinski definition) is 3. The summed E-state index contributed by atoms with van der Waals surface area (Å²) in [5.74, 6) is 0.742. The number of phenolic OH excluding ortho intramolecular Hbond substituents is 1. The van der Waals surface area contributed by atoms with E-state index in [-0.39, 0.29) is 5.75 Å². The number of para-hydroxylation sites is 2. The lowest BCUT2D eigenvalue weighted by atomic mass is 10.1. The van der Waals surface area contributed by atoms with Gasteiger partial charge in [0.05, 0.1) is 16.6 Å². The van der Waals surface area contributed by atoms with Gasteiger partial charge in [-0.1, -0.05) is 24.3 Å². The largest absolute Gasteiger partial charge is 0.508 e. The highest BCUT2D eigenvalue weighted by molar-refractivity contribution is 5.90. The van der Waals surface area contributed by atoms with Gasteiger partial charge in [-0.25, -0.2) is 4.98 Å². The second kappa shape index (κ2) is 4.90. The maximum atomic E-state index is 9.29. The zero-order valence-corrected chi connectivity index (χ0v) is 10.5. The van der Waals surface area contributed by atoms with Crippen LogP contribution in [0.4, 0.5) is 0 Å². The average Bonchev–Trinajstić information content (AvgIpc) is 2.90.